The highest BCUT2D eigenvalue weighted by molar-refractivity contribution is 5.85. The second-order valence-corrected chi connectivity index (χ2v) is 3.33. The van der Waals surface area contributed by atoms with Gasteiger partial charge in [-0.05, 0) is 49.2 Å². The number of benzene rings is 1. The molecular weight excluding hydrogens is 247 g/mol. The van der Waals surface area contributed by atoms with E-state index in [1.165, 1.54) is 0 Å². The highest BCUT2D eigenvalue weighted by Gasteiger charge is 2.05. The predicted octanol–water partition coefficient (Wildman–Crippen LogP) is 0.697. The molecule has 0 saturated carbocycles. The lowest BCUT2D eigenvalue weighted by atomic mass is 10.0. The summed E-state index contributed by atoms with van der Waals surface area (Å²) in [5.41, 5.74) is 26.1. The van der Waals surface area contributed by atoms with Crippen LogP contribution in [0.25, 0.3) is 0 Å². The summed E-state index contributed by atoms with van der Waals surface area (Å²) in [7, 11) is 0. The number of halogens is 2. The molecule has 0 bridgehead atoms. The third-order valence-electron chi connectivity index (χ3n) is 2.21. The molecule has 6 heteroatoms. The van der Waals surface area contributed by atoms with Crippen LogP contribution in [-0.2, 0) is 12.8 Å². The predicted molar refractivity (Wildman–Crippen MR) is 75.3 cm³/mol. The van der Waals surface area contributed by atoms with Crippen molar-refractivity contribution in [2.45, 2.75) is 12.8 Å². The van der Waals surface area contributed by atoms with Gasteiger partial charge in [-0.3, -0.25) is 0 Å². The molecule has 0 amide bonds. The van der Waals surface area contributed by atoms with E-state index in [-0.39, 0.29) is 24.8 Å². The smallest absolute Gasteiger partial charge is 0.0370 e. The molecular formula is C10H20Cl2N4. The average Bonchev–Trinajstić information content (AvgIpc) is 2.12. The van der Waals surface area contributed by atoms with Crippen molar-refractivity contribution in [3.63, 3.8) is 0 Å². The minimum Gasteiger partial charge on any atom is -0.398 e. The SMILES string of the molecule is Cl.Cl.NCCc1cc(N)c(CCN)c(N)c1. The Morgan fingerprint density at radius 2 is 1.25 bits per heavy atom. The first-order valence-electron chi connectivity index (χ1n) is 4.76. The summed E-state index contributed by atoms with van der Waals surface area (Å²) in [6.45, 7) is 1.17. The summed E-state index contributed by atoms with van der Waals surface area (Å²) >= 11 is 0. The van der Waals surface area contributed by atoms with Gasteiger partial charge >= 0.3 is 0 Å². The van der Waals surface area contributed by atoms with E-state index in [1.54, 1.807) is 0 Å². The van der Waals surface area contributed by atoms with Gasteiger partial charge in [0.15, 0.2) is 0 Å². The van der Waals surface area contributed by atoms with Crippen LogP contribution < -0.4 is 22.9 Å². The first-order valence-corrected chi connectivity index (χ1v) is 4.76. The Balaban J connectivity index is 0. The Kier molecular flexibility index (Phi) is 9.37. The van der Waals surface area contributed by atoms with Crippen LogP contribution >= 0.6 is 24.8 Å². The third kappa shape index (κ3) is 4.45. The summed E-state index contributed by atoms with van der Waals surface area (Å²) in [6.07, 6.45) is 1.53. The van der Waals surface area contributed by atoms with Gasteiger partial charge in [-0.2, -0.15) is 0 Å². The second kappa shape index (κ2) is 8.47. The minimum atomic E-state index is 0. The summed E-state index contributed by atoms with van der Waals surface area (Å²) in [6, 6.07) is 3.85. The van der Waals surface area contributed by atoms with Crippen LogP contribution in [-0.4, -0.2) is 13.1 Å². The number of rotatable bonds is 4. The molecule has 1 rings (SSSR count). The maximum atomic E-state index is 5.86. The fourth-order valence-electron chi connectivity index (χ4n) is 1.53. The van der Waals surface area contributed by atoms with Crippen molar-refractivity contribution in [2.24, 2.45) is 11.5 Å². The quantitative estimate of drug-likeness (QED) is 0.602. The Bertz CT molecular complexity index is 295. The molecule has 8 N–H and O–H groups in total. The van der Waals surface area contributed by atoms with E-state index in [0.29, 0.717) is 13.1 Å². The second-order valence-electron chi connectivity index (χ2n) is 3.33. The Morgan fingerprint density at radius 3 is 1.62 bits per heavy atom. The van der Waals surface area contributed by atoms with Crippen molar-refractivity contribution < 1.29 is 0 Å². The van der Waals surface area contributed by atoms with Crippen LogP contribution in [0.2, 0.25) is 0 Å². The first-order chi connectivity index (χ1) is 6.69. The summed E-state index contributed by atoms with van der Waals surface area (Å²) in [5, 5.41) is 0. The van der Waals surface area contributed by atoms with E-state index in [4.69, 9.17) is 22.9 Å². The van der Waals surface area contributed by atoms with Gasteiger partial charge in [0.1, 0.15) is 0 Å². The van der Waals surface area contributed by atoms with Crippen LogP contribution in [0, 0.1) is 0 Å². The molecule has 0 atom stereocenters. The van der Waals surface area contributed by atoms with E-state index in [9.17, 15) is 0 Å². The fourth-order valence-corrected chi connectivity index (χ4v) is 1.53. The molecule has 4 nitrogen and oxygen atoms in total. The van der Waals surface area contributed by atoms with Gasteiger partial charge in [0.25, 0.3) is 0 Å². The molecule has 0 heterocycles. The zero-order chi connectivity index (χ0) is 10.6. The number of nitrogen functional groups attached to an aromatic ring is 2. The Morgan fingerprint density at radius 1 is 0.812 bits per heavy atom. The Hall–Kier alpha value is -0.680. The lowest BCUT2D eigenvalue weighted by Gasteiger charge is -2.10. The molecule has 0 aromatic heterocycles. The molecule has 94 valence electrons. The molecule has 1 aromatic rings. The summed E-state index contributed by atoms with van der Waals surface area (Å²) in [5.74, 6) is 0. The topological polar surface area (TPSA) is 104 Å². The van der Waals surface area contributed by atoms with Gasteiger partial charge < -0.3 is 22.9 Å². The van der Waals surface area contributed by atoms with Gasteiger partial charge in [-0.1, -0.05) is 0 Å². The van der Waals surface area contributed by atoms with E-state index < -0.39 is 0 Å². The van der Waals surface area contributed by atoms with Crippen molar-refractivity contribution in [3.8, 4) is 0 Å². The maximum Gasteiger partial charge on any atom is 0.0370 e. The molecule has 1 aromatic carbocycles. The van der Waals surface area contributed by atoms with Gasteiger partial charge in [-0.25, -0.2) is 0 Å². The number of hydrogen-bond donors (Lipinski definition) is 4. The van der Waals surface area contributed by atoms with Crippen molar-refractivity contribution >= 4 is 36.2 Å². The van der Waals surface area contributed by atoms with Crippen molar-refractivity contribution in [1.29, 1.82) is 0 Å². The molecule has 0 unspecified atom stereocenters. The molecule has 0 radical (unpaired) electrons. The zero-order valence-corrected chi connectivity index (χ0v) is 10.7. The van der Waals surface area contributed by atoms with Crippen LogP contribution in [0.1, 0.15) is 11.1 Å². The highest BCUT2D eigenvalue weighted by atomic mass is 35.5. The van der Waals surface area contributed by atoms with Gasteiger partial charge in [0, 0.05) is 11.4 Å². The number of nitrogens with two attached hydrogens (primary N) is 4. The van der Waals surface area contributed by atoms with Crippen LogP contribution in [0.5, 0.6) is 0 Å². The summed E-state index contributed by atoms with van der Waals surface area (Å²) < 4.78 is 0. The van der Waals surface area contributed by atoms with E-state index >= 15 is 0 Å². The molecule has 0 saturated heterocycles. The molecule has 16 heavy (non-hydrogen) atoms. The van der Waals surface area contributed by atoms with Crippen LogP contribution in [0.15, 0.2) is 12.1 Å². The maximum absolute atomic E-state index is 5.86. The van der Waals surface area contributed by atoms with Gasteiger partial charge in [0.2, 0.25) is 0 Å². The van der Waals surface area contributed by atoms with Crippen molar-refractivity contribution in [1.82, 2.24) is 0 Å². The zero-order valence-electron chi connectivity index (χ0n) is 9.11. The van der Waals surface area contributed by atoms with E-state index in [2.05, 4.69) is 0 Å². The Labute approximate surface area is 109 Å². The van der Waals surface area contributed by atoms with Crippen LogP contribution in [0.3, 0.4) is 0 Å². The molecule has 0 aliphatic heterocycles. The molecule has 0 aliphatic rings. The van der Waals surface area contributed by atoms with E-state index in [0.717, 1.165) is 35.3 Å². The van der Waals surface area contributed by atoms with Crippen LogP contribution in [0.4, 0.5) is 11.4 Å². The lowest BCUT2D eigenvalue weighted by molar-refractivity contribution is 0.954. The van der Waals surface area contributed by atoms with Gasteiger partial charge in [-0.15, -0.1) is 24.8 Å². The highest BCUT2D eigenvalue weighted by Crippen LogP contribution is 2.22. The minimum absolute atomic E-state index is 0. The van der Waals surface area contributed by atoms with E-state index in [1.807, 2.05) is 12.1 Å². The van der Waals surface area contributed by atoms with Gasteiger partial charge in [0.05, 0.1) is 0 Å². The third-order valence-corrected chi connectivity index (χ3v) is 2.21. The first kappa shape index (κ1) is 17.7. The van der Waals surface area contributed by atoms with Crippen molar-refractivity contribution in [3.05, 3.63) is 23.3 Å². The summed E-state index contributed by atoms with van der Waals surface area (Å²) in [4.78, 5) is 0. The number of anilines is 2. The standard InChI is InChI=1S/C10H18N4.2ClH/c11-3-1-7-5-9(13)8(2-4-12)10(14)6-7;;/h5-6H,1-4,11-14H2;2*1H. The molecule has 0 aliphatic carbocycles. The fraction of sp³-hybridized carbons (Fsp3) is 0.400. The largest absolute Gasteiger partial charge is 0.398 e. The van der Waals surface area contributed by atoms with Crippen molar-refractivity contribution in [2.75, 3.05) is 24.6 Å². The molecule has 0 spiro atoms. The monoisotopic (exact) mass is 266 g/mol. The average molecular weight is 267 g/mol. The lowest BCUT2D eigenvalue weighted by Crippen LogP contribution is -2.10. The normalized spacial score (nSPS) is 9.12. The number of hydrogen-bond acceptors (Lipinski definition) is 4. The molecule has 0 fully saturated rings.